The molecule has 2 aliphatic rings. The summed E-state index contributed by atoms with van der Waals surface area (Å²) >= 11 is 0. The third-order valence-electron chi connectivity index (χ3n) is 5.29. The van der Waals surface area contributed by atoms with Gasteiger partial charge in [-0.25, -0.2) is 4.79 Å². The van der Waals surface area contributed by atoms with E-state index in [-0.39, 0.29) is 12.1 Å². The number of likely N-dealkylation sites (tertiary alicyclic amines) is 1. The van der Waals surface area contributed by atoms with Gasteiger partial charge in [0.25, 0.3) is 0 Å². The average molecular weight is 366 g/mol. The molecule has 2 atom stereocenters. The zero-order valence-corrected chi connectivity index (χ0v) is 15.5. The molecule has 0 unspecified atom stereocenters. The highest BCUT2D eigenvalue weighted by atomic mass is 16.5. The predicted molar refractivity (Wildman–Crippen MR) is 105 cm³/mol. The molecular formula is C22H26N2O3. The van der Waals surface area contributed by atoms with Crippen LogP contribution in [0.4, 0.5) is 10.5 Å². The Bertz CT molecular complexity index is 759. The average Bonchev–Trinajstić information content (AvgIpc) is 3.39. The molecule has 0 aromatic heterocycles. The first kappa shape index (κ1) is 17.9. The van der Waals surface area contributed by atoms with E-state index in [1.807, 2.05) is 35.2 Å². The van der Waals surface area contributed by atoms with E-state index in [4.69, 9.17) is 9.47 Å². The Balaban J connectivity index is 1.31. The SMILES string of the molecule is O=C(Nc1cccc(OC[C@H]2CCCO2)c1)N1CC[C@H](c2ccccc2)C1. The summed E-state index contributed by atoms with van der Waals surface area (Å²) in [5.74, 6) is 1.17. The van der Waals surface area contributed by atoms with Crippen molar-refractivity contribution in [1.82, 2.24) is 4.90 Å². The Morgan fingerprint density at radius 3 is 2.85 bits per heavy atom. The van der Waals surface area contributed by atoms with E-state index in [1.54, 1.807) is 0 Å². The monoisotopic (exact) mass is 366 g/mol. The Kier molecular flexibility index (Phi) is 5.58. The molecule has 0 spiro atoms. The number of amides is 2. The van der Waals surface area contributed by atoms with Gasteiger partial charge in [0.15, 0.2) is 0 Å². The van der Waals surface area contributed by atoms with Gasteiger partial charge in [0, 0.05) is 37.4 Å². The van der Waals surface area contributed by atoms with E-state index in [0.717, 1.165) is 50.4 Å². The van der Waals surface area contributed by atoms with E-state index >= 15 is 0 Å². The van der Waals surface area contributed by atoms with Gasteiger partial charge in [-0.2, -0.15) is 0 Å². The van der Waals surface area contributed by atoms with Crippen LogP contribution in [-0.2, 0) is 4.74 Å². The predicted octanol–water partition coefficient (Wildman–Crippen LogP) is 4.27. The van der Waals surface area contributed by atoms with Gasteiger partial charge in [-0.1, -0.05) is 36.4 Å². The van der Waals surface area contributed by atoms with Crippen LogP contribution in [0.3, 0.4) is 0 Å². The first-order valence-electron chi connectivity index (χ1n) is 9.73. The standard InChI is InChI=1S/C22H26N2O3/c25-22(24-12-11-18(15-24)17-6-2-1-3-7-17)23-19-8-4-9-20(14-19)27-16-21-10-5-13-26-21/h1-4,6-9,14,18,21H,5,10-13,15-16H2,(H,23,25)/t18-,21+/m0/s1. The molecule has 0 aliphatic carbocycles. The summed E-state index contributed by atoms with van der Waals surface area (Å²) in [5, 5.41) is 3.00. The van der Waals surface area contributed by atoms with Crippen LogP contribution < -0.4 is 10.1 Å². The largest absolute Gasteiger partial charge is 0.491 e. The number of anilines is 1. The maximum atomic E-state index is 12.6. The highest BCUT2D eigenvalue weighted by Crippen LogP contribution is 2.27. The summed E-state index contributed by atoms with van der Waals surface area (Å²) < 4.78 is 11.4. The molecule has 5 heteroatoms. The van der Waals surface area contributed by atoms with Gasteiger partial charge in [-0.05, 0) is 37.0 Å². The van der Waals surface area contributed by atoms with Crippen molar-refractivity contribution in [3.8, 4) is 5.75 Å². The van der Waals surface area contributed by atoms with E-state index in [2.05, 4.69) is 29.6 Å². The number of hydrogen-bond donors (Lipinski definition) is 1. The molecular weight excluding hydrogens is 340 g/mol. The summed E-state index contributed by atoms with van der Waals surface area (Å²) in [6, 6.07) is 17.9. The molecule has 4 rings (SSSR count). The number of hydrogen-bond acceptors (Lipinski definition) is 3. The van der Waals surface area contributed by atoms with E-state index < -0.39 is 0 Å². The number of benzene rings is 2. The van der Waals surface area contributed by atoms with Gasteiger partial charge < -0.3 is 19.7 Å². The van der Waals surface area contributed by atoms with E-state index in [0.29, 0.717) is 12.5 Å². The summed E-state index contributed by atoms with van der Waals surface area (Å²) in [4.78, 5) is 14.5. The lowest BCUT2D eigenvalue weighted by Gasteiger charge is -2.18. The quantitative estimate of drug-likeness (QED) is 0.860. The molecule has 0 bridgehead atoms. The van der Waals surface area contributed by atoms with Crippen LogP contribution in [0.1, 0.15) is 30.7 Å². The third kappa shape index (κ3) is 4.61. The number of nitrogens with one attached hydrogen (secondary N) is 1. The number of ether oxygens (including phenoxy) is 2. The number of nitrogens with zero attached hydrogens (tertiary/aromatic N) is 1. The van der Waals surface area contributed by atoms with Gasteiger partial charge in [0.2, 0.25) is 0 Å². The molecule has 142 valence electrons. The Hall–Kier alpha value is -2.53. The normalized spacial score (nSPS) is 22.0. The summed E-state index contributed by atoms with van der Waals surface area (Å²) in [6.07, 6.45) is 3.34. The second-order valence-corrected chi connectivity index (χ2v) is 7.25. The summed E-state index contributed by atoms with van der Waals surface area (Å²) in [5.41, 5.74) is 2.06. The number of rotatable bonds is 5. The molecule has 2 aliphatic heterocycles. The second kappa shape index (κ2) is 8.44. The number of carbonyl (C=O) groups excluding carboxylic acids is 1. The van der Waals surface area contributed by atoms with Gasteiger partial charge >= 0.3 is 6.03 Å². The molecule has 1 N–H and O–H groups in total. The first-order chi connectivity index (χ1) is 13.3. The lowest BCUT2D eigenvalue weighted by atomic mass is 9.99. The molecule has 2 heterocycles. The lowest BCUT2D eigenvalue weighted by Crippen LogP contribution is -2.32. The van der Waals surface area contributed by atoms with Gasteiger partial charge in [0.05, 0.1) is 6.10 Å². The van der Waals surface area contributed by atoms with Crippen molar-refractivity contribution in [2.45, 2.75) is 31.3 Å². The lowest BCUT2D eigenvalue weighted by molar-refractivity contribution is 0.0680. The van der Waals surface area contributed by atoms with Crippen LogP contribution >= 0.6 is 0 Å². The molecule has 2 aromatic rings. The van der Waals surface area contributed by atoms with Crippen molar-refractivity contribution in [1.29, 1.82) is 0 Å². The van der Waals surface area contributed by atoms with E-state index in [1.165, 1.54) is 5.56 Å². The van der Waals surface area contributed by atoms with Crippen molar-refractivity contribution in [2.24, 2.45) is 0 Å². The molecule has 27 heavy (non-hydrogen) atoms. The summed E-state index contributed by atoms with van der Waals surface area (Å²) in [7, 11) is 0. The van der Waals surface area contributed by atoms with Crippen molar-refractivity contribution >= 4 is 11.7 Å². The number of urea groups is 1. The minimum Gasteiger partial charge on any atom is -0.491 e. The van der Waals surface area contributed by atoms with Gasteiger partial charge in [-0.3, -0.25) is 0 Å². The van der Waals surface area contributed by atoms with Crippen LogP contribution in [0.2, 0.25) is 0 Å². The van der Waals surface area contributed by atoms with Crippen LogP contribution in [0.5, 0.6) is 5.75 Å². The number of carbonyl (C=O) groups is 1. The third-order valence-corrected chi connectivity index (χ3v) is 5.29. The highest BCUT2D eigenvalue weighted by molar-refractivity contribution is 5.89. The zero-order valence-electron chi connectivity index (χ0n) is 15.5. The molecule has 2 amide bonds. The van der Waals surface area contributed by atoms with E-state index in [9.17, 15) is 4.79 Å². The van der Waals surface area contributed by atoms with Crippen LogP contribution in [-0.4, -0.2) is 43.3 Å². The van der Waals surface area contributed by atoms with Gasteiger partial charge in [0.1, 0.15) is 12.4 Å². The molecule has 2 fully saturated rings. The smallest absolute Gasteiger partial charge is 0.321 e. The van der Waals surface area contributed by atoms with Crippen molar-refractivity contribution < 1.29 is 14.3 Å². The molecule has 0 radical (unpaired) electrons. The minimum atomic E-state index is -0.0512. The zero-order chi connectivity index (χ0) is 18.5. The molecule has 5 nitrogen and oxygen atoms in total. The first-order valence-corrected chi connectivity index (χ1v) is 9.73. The summed E-state index contributed by atoms with van der Waals surface area (Å²) in [6.45, 7) is 2.91. The van der Waals surface area contributed by atoms with Crippen molar-refractivity contribution in [3.63, 3.8) is 0 Å². The van der Waals surface area contributed by atoms with Crippen LogP contribution in [0.25, 0.3) is 0 Å². The Morgan fingerprint density at radius 1 is 1.15 bits per heavy atom. The Morgan fingerprint density at radius 2 is 2.04 bits per heavy atom. The second-order valence-electron chi connectivity index (χ2n) is 7.25. The van der Waals surface area contributed by atoms with Gasteiger partial charge in [-0.15, -0.1) is 0 Å². The maximum Gasteiger partial charge on any atom is 0.321 e. The maximum absolute atomic E-state index is 12.6. The molecule has 2 aromatic carbocycles. The highest BCUT2D eigenvalue weighted by Gasteiger charge is 2.27. The van der Waals surface area contributed by atoms with Crippen LogP contribution in [0, 0.1) is 0 Å². The van der Waals surface area contributed by atoms with Crippen LogP contribution in [0.15, 0.2) is 54.6 Å². The van der Waals surface area contributed by atoms with Crippen molar-refractivity contribution in [2.75, 3.05) is 31.6 Å². The molecule has 0 saturated carbocycles. The molecule has 2 saturated heterocycles. The fourth-order valence-corrected chi connectivity index (χ4v) is 3.77. The fourth-order valence-electron chi connectivity index (χ4n) is 3.77. The topological polar surface area (TPSA) is 50.8 Å². The fraction of sp³-hybridized carbons (Fsp3) is 0.409. The Labute approximate surface area is 160 Å². The van der Waals surface area contributed by atoms with Crippen molar-refractivity contribution in [3.05, 3.63) is 60.2 Å². The minimum absolute atomic E-state index is 0.0512.